The van der Waals surface area contributed by atoms with E-state index in [4.69, 9.17) is 10.5 Å². The van der Waals surface area contributed by atoms with Crippen molar-refractivity contribution in [1.82, 2.24) is 4.90 Å². The zero-order chi connectivity index (χ0) is 12.8. The van der Waals surface area contributed by atoms with Crippen molar-refractivity contribution in [1.29, 1.82) is 0 Å². The minimum atomic E-state index is 0.438. The normalized spacial score (nSPS) is 31.4. The summed E-state index contributed by atoms with van der Waals surface area (Å²) in [7, 11) is 0. The number of nitrogens with zero attached hydrogens (tertiary/aromatic N) is 1. The molecule has 0 bridgehead atoms. The van der Waals surface area contributed by atoms with Crippen molar-refractivity contribution in [3.63, 3.8) is 0 Å². The van der Waals surface area contributed by atoms with Crippen LogP contribution in [0.2, 0.25) is 0 Å². The molecule has 2 atom stereocenters. The van der Waals surface area contributed by atoms with Crippen molar-refractivity contribution in [3.05, 3.63) is 12.7 Å². The third-order valence-corrected chi connectivity index (χ3v) is 4.44. The lowest BCUT2D eigenvalue weighted by Crippen LogP contribution is -2.45. The summed E-state index contributed by atoms with van der Waals surface area (Å²) in [6, 6.07) is 0.438. The van der Waals surface area contributed by atoms with Crippen LogP contribution in [0.3, 0.4) is 0 Å². The average Bonchev–Trinajstić information content (AvgIpc) is 2.41. The predicted octanol–water partition coefficient (Wildman–Crippen LogP) is 2.17. The third kappa shape index (κ3) is 4.08. The van der Waals surface area contributed by atoms with Gasteiger partial charge in [-0.1, -0.05) is 18.9 Å². The molecule has 0 radical (unpaired) electrons. The molecule has 0 aromatic heterocycles. The summed E-state index contributed by atoms with van der Waals surface area (Å²) in [6.45, 7) is 7.94. The van der Waals surface area contributed by atoms with Crippen molar-refractivity contribution >= 4 is 0 Å². The molecule has 1 saturated carbocycles. The second-order valence-corrected chi connectivity index (χ2v) is 5.83. The highest BCUT2D eigenvalue weighted by atomic mass is 16.5. The van der Waals surface area contributed by atoms with E-state index in [9.17, 15) is 0 Å². The predicted molar refractivity (Wildman–Crippen MR) is 75.5 cm³/mol. The third-order valence-electron chi connectivity index (χ3n) is 4.44. The van der Waals surface area contributed by atoms with Gasteiger partial charge >= 0.3 is 0 Å². The van der Waals surface area contributed by atoms with Crippen molar-refractivity contribution in [3.8, 4) is 0 Å². The van der Waals surface area contributed by atoms with Gasteiger partial charge in [-0.05, 0) is 31.6 Å². The summed E-state index contributed by atoms with van der Waals surface area (Å²) in [5.41, 5.74) is 6.23. The van der Waals surface area contributed by atoms with E-state index in [1.807, 2.05) is 6.08 Å². The summed E-state index contributed by atoms with van der Waals surface area (Å²) in [5.74, 6) is 0.726. The lowest BCUT2D eigenvalue weighted by Gasteiger charge is -2.37. The van der Waals surface area contributed by atoms with Crippen LogP contribution >= 0.6 is 0 Å². The SMILES string of the molecule is C=CCOC1CCN(CC2CCCCC2N)CC1. The maximum Gasteiger partial charge on any atom is 0.0648 e. The highest BCUT2D eigenvalue weighted by Crippen LogP contribution is 2.25. The number of nitrogens with two attached hydrogens (primary N) is 1. The second-order valence-electron chi connectivity index (χ2n) is 5.83. The molecule has 3 nitrogen and oxygen atoms in total. The quantitative estimate of drug-likeness (QED) is 0.762. The van der Waals surface area contributed by atoms with E-state index >= 15 is 0 Å². The van der Waals surface area contributed by atoms with E-state index in [-0.39, 0.29) is 0 Å². The van der Waals surface area contributed by atoms with E-state index < -0.39 is 0 Å². The zero-order valence-corrected chi connectivity index (χ0v) is 11.5. The number of likely N-dealkylation sites (tertiary alicyclic amines) is 1. The standard InChI is InChI=1S/C15H28N2O/c1-2-11-18-14-7-9-17(10-8-14)12-13-5-3-4-6-15(13)16/h2,13-15H,1,3-12,16H2. The fourth-order valence-corrected chi connectivity index (χ4v) is 3.26. The summed E-state index contributed by atoms with van der Waals surface area (Å²) in [5, 5.41) is 0. The molecule has 1 aliphatic heterocycles. The number of piperidine rings is 1. The van der Waals surface area contributed by atoms with Crippen molar-refractivity contribution < 1.29 is 4.74 Å². The van der Waals surface area contributed by atoms with Crippen LogP contribution in [0, 0.1) is 5.92 Å². The molecule has 0 aromatic carbocycles. The fraction of sp³-hybridized carbons (Fsp3) is 0.867. The van der Waals surface area contributed by atoms with Gasteiger partial charge in [0.15, 0.2) is 0 Å². The maximum absolute atomic E-state index is 6.23. The van der Waals surface area contributed by atoms with Crippen LogP contribution in [0.25, 0.3) is 0 Å². The second kappa shape index (κ2) is 7.27. The van der Waals surface area contributed by atoms with Crippen LogP contribution in [0.1, 0.15) is 38.5 Å². The summed E-state index contributed by atoms with van der Waals surface area (Å²) in [4.78, 5) is 2.59. The highest BCUT2D eigenvalue weighted by molar-refractivity contribution is 4.83. The largest absolute Gasteiger partial charge is 0.374 e. The van der Waals surface area contributed by atoms with Gasteiger partial charge in [0.1, 0.15) is 0 Å². The Labute approximate surface area is 111 Å². The van der Waals surface area contributed by atoms with Crippen LogP contribution < -0.4 is 5.73 Å². The number of ether oxygens (including phenoxy) is 1. The van der Waals surface area contributed by atoms with E-state index in [0.29, 0.717) is 18.8 Å². The molecule has 0 amide bonds. The van der Waals surface area contributed by atoms with Gasteiger partial charge in [0, 0.05) is 25.7 Å². The molecule has 2 aliphatic rings. The van der Waals surface area contributed by atoms with Crippen molar-refractivity contribution in [2.24, 2.45) is 11.7 Å². The molecule has 0 aromatic rings. The van der Waals surface area contributed by atoms with Crippen LogP contribution in [0.5, 0.6) is 0 Å². The van der Waals surface area contributed by atoms with Crippen molar-refractivity contribution in [2.45, 2.75) is 50.7 Å². The minimum absolute atomic E-state index is 0.438. The molecule has 104 valence electrons. The highest BCUT2D eigenvalue weighted by Gasteiger charge is 2.26. The van der Waals surface area contributed by atoms with Gasteiger partial charge in [0.05, 0.1) is 12.7 Å². The molecule has 1 heterocycles. The fourth-order valence-electron chi connectivity index (χ4n) is 3.26. The first-order chi connectivity index (χ1) is 8.79. The Kier molecular flexibility index (Phi) is 5.67. The minimum Gasteiger partial charge on any atom is -0.374 e. The first-order valence-electron chi connectivity index (χ1n) is 7.50. The van der Waals surface area contributed by atoms with E-state index in [2.05, 4.69) is 11.5 Å². The molecule has 18 heavy (non-hydrogen) atoms. The van der Waals surface area contributed by atoms with E-state index in [1.54, 1.807) is 0 Å². The van der Waals surface area contributed by atoms with E-state index in [1.165, 1.54) is 45.3 Å². The monoisotopic (exact) mass is 252 g/mol. The molecular formula is C15H28N2O. The molecule has 2 unspecified atom stereocenters. The van der Waals surface area contributed by atoms with Gasteiger partial charge in [0.2, 0.25) is 0 Å². The molecule has 1 aliphatic carbocycles. The van der Waals surface area contributed by atoms with Crippen LogP contribution in [-0.4, -0.2) is 43.3 Å². The van der Waals surface area contributed by atoms with Crippen LogP contribution in [0.15, 0.2) is 12.7 Å². The first-order valence-corrected chi connectivity index (χ1v) is 7.50. The molecule has 2 fully saturated rings. The maximum atomic E-state index is 6.23. The summed E-state index contributed by atoms with van der Waals surface area (Å²) >= 11 is 0. The van der Waals surface area contributed by atoms with Crippen LogP contribution in [0.4, 0.5) is 0 Å². The average molecular weight is 252 g/mol. The molecule has 2 rings (SSSR count). The molecular weight excluding hydrogens is 224 g/mol. The van der Waals surface area contributed by atoms with Gasteiger partial charge in [0.25, 0.3) is 0 Å². The smallest absolute Gasteiger partial charge is 0.0648 e. The van der Waals surface area contributed by atoms with Gasteiger partial charge in [-0.2, -0.15) is 0 Å². The van der Waals surface area contributed by atoms with Crippen LogP contribution in [-0.2, 0) is 4.74 Å². The first kappa shape index (κ1) is 14.0. The van der Waals surface area contributed by atoms with Crippen molar-refractivity contribution in [2.75, 3.05) is 26.2 Å². The lowest BCUT2D eigenvalue weighted by molar-refractivity contribution is 0.0162. The Morgan fingerprint density at radius 2 is 1.89 bits per heavy atom. The number of hydrogen-bond acceptors (Lipinski definition) is 3. The Balaban J connectivity index is 1.68. The number of hydrogen-bond donors (Lipinski definition) is 1. The summed E-state index contributed by atoms with van der Waals surface area (Å²) in [6.07, 6.45) is 9.86. The molecule has 0 spiro atoms. The van der Waals surface area contributed by atoms with Gasteiger partial charge in [-0.25, -0.2) is 0 Å². The summed E-state index contributed by atoms with van der Waals surface area (Å²) < 4.78 is 5.72. The zero-order valence-electron chi connectivity index (χ0n) is 11.5. The molecule has 3 heteroatoms. The Bertz CT molecular complexity index is 249. The number of rotatable bonds is 5. The molecule has 2 N–H and O–H groups in total. The topological polar surface area (TPSA) is 38.5 Å². The van der Waals surface area contributed by atoms with Gasteiger partial charge < -0.3 is 15.4 Å². The Hall–Kier alpha value is -0.380. The van der Waals surface area contributed by atoms with Gasteiger partial charge in [-0.3, -0.25) is 0 Å². The Morgan fingerprint density at radius 3 is 2.56 bits per heavy atom. The van der Waals surface area contributed by atoms with E-state index in [0.717, 1.165) is 18.8 Å². The Morgan fingerprint density at radius 1 is 1.17 bits per heavy atom. The van der Waals surface area contributed by atoms with Gasteiger partial charge in [-0.15, -0.1) is 6.58 Å². The lowest BCUT2D eigenvalue weighted by atomic mass is 9.84. The molecule has 1 saturated heterocycles.